The molecule has 0 unspecified atom stereocenters. The van der Waals surface area contributed by atoms with Gasteiger partial charge in [-0.05, 0) is 30.5 Å². The molecule has 6 heteroatoms. The molecule has 2 aromatic carbocycles. The number of nitrogens with one attached hydrogen (secondary N) is 2. The molecule has 1 atom stereocenters. The Morgan fingerprint density at radius 2 is 1.93 bits per heavy atom. The predicted octanol–water partition coefficient (Wildman–Crippen LogP) is 4.32. The molecule has 142 valence electrons. The Labute approximate surface area is 162 Å². The van der Waals surface area contributed by atoms with Crippen LogP contribution < -0.4 is 0 Å². The van der Waals surface area contributed by atoms with Crippen molar-refractivity contribution in [1.82, 2.24) is 20.2 Å². The van der Waals surface area contributed by atoms with Crippen LogP contribution >= 0.6 is 0 Å². The van der Waals surface area contributed by atoms with Crippen molar-refractivity contribution in [2.24, 2.45) is 0 Å². The maximum atomic E-state index is 12.9. The molecule has 3 heterocycles. The molecule has 2 aromatic heterocycles. The number of nitrogens with zero attached hydrogens (tertiary/aromatic N) is 2. The molecule has 6 nitrogen and oxygen atoms in total. The number of fused-ring (bicyclic) bond motifs is 2. The van der Waals surface area contributed by atoms with Crippen molar-refractivity contribution < 1.29 is 9.53 Å². The first-order valence-corrected chi connectivity index (χ1v) is 9.75. The summed E-state index contributed by atoms with van der Waals surface area (Å²) in [6, 6.07) is 13.8. The minimum absolute atomic E-state index is 0.00571. The third kappa shape index (κ3) is 2.90. The summed E-state index contributed by atoms with van der Waals surface area (Å²) in [5, 5.41) is 8.78. The highest BCUT2D eigenvalue weighted by molar-refractivity contribution is 6.02. The average Bonchev–Trinajstić information content (AvgIpc) is 3.35. The summed E-state index contributed by atoms with van der Waals surface area (Å²) in [4.78, 5) is 20.7. The lowest BCUT2D eigenvalue weighted by Crippen LogP contribution is -2.14. The largest absolute Gasteiger partial charge is 0.381 e. The van der Waals surface area contributed by atoms with E-state index in [2.05, 4.69) is 20.2 Å². The number of hydrogen-bond acceptors (Lipinski definition) is 4. The SMILES string of the molecule is C[C@@H](C(=O)c1nc2cc3c(C4CCOCC4)n[nH]c3cc2[nH]1)c1ccccc1. The summed E-state index contributed by atoms with van der Waals surface area (Å²) in [5.74, 6) is 0.553. The van der Waals surface area contributed by atoms with E-state index in [0.29, 0.717) is 11.7 Å². The van der Waals surface area contributed by atoms with Crippen LogP contribution in [0.3, 0.4) is 0 Å². The van der Waals surface area contributed by atoms with Gasteiger partial charge in [-0.1, -0.05) is 37.3 Å². The van der Waals surface area contributed by atoms with Gasteiger partial charge in [0.1, 0.15) is 0 Å². The number of carbonyl (C=O) groups excluding carboxylic acids is 1. The van der Waals surface area contributed by atoms with Gasteiger partial charge in [-0.25, -0.2) is 4.98 Å². The van der Waals surface area contributed by atoms with Gasteiger partial charge in [0.25, 0.3) is 0 Å². The van der Waals surface area contributed by atoms with Crippen LogP contribution in [0.1, 0.15) is 53.5 Å². The second-order valence-electron chi connectivity index (χ2n) is 7.49. The molecule has 1 aliphatic rings. The van der Waals surface area contributed by atoms with Crippen LogP contribution in [0.25, 0.3) is 21.9 Å². The van der Waals surface area contributed by atoms with E-state index in [-0.39, 0.29) is 11.7 Å². The molecule has 2 N–H and O–H groups in total. The Bertz CT molecular complexity index is 1140. The van der Waals surface area contributed by atoms with E-state index in [0.717, 1.165) is 59.2 Å². The average molecular weight is 374 g/mol. The summed E-state index contributed by atoms with van der Waals surface area (Å²) >= 11 is 0. The molecule has 28 heavy (non-hydrogen) atoms. The Morgan fingerprint density at radius 3 is 2.71 bits per heavy atom. The molecule has 4 aromatic rings. The highest BCUT2D eigenvalue weighted by Gasteiger charge is 2.23. The molecule has 0 radical (unpaired) electrons. The van der Waals surface area contributed by atoms with Crippen LogP contribution in [0.4, 0.5) is 0 Å². The third-order valence-corrected chi connectivity index (χ3v) is 5.73. The lowest BCUT2D eigenvalue weighted by Gasteiger charge is -2.20. The van der Waals surface area contributed by atoms with Gasteiger partial charge in [0.15, 0.2) is 5.82 Å². The van der Waals surface area contributed by atoms with Crippen molar-refractivity contribution in [3.8, 4) is 0 Å². The molecule has 0 saturated carbocycles. The minimum atomic E-state index is -0.244. The number of aromatic nitrogens is 4. The second kappa shape index (κ2) is 6.87. The molecule has 5 rings (SSSR count). The molecule has 1 saturated heterocycles. The quantitative estimate of drug-likeness (QED) is 0.521. The number of rotatable bonds is 4. The fraction of sp³-hybridized carbons (Fsp3) is 0.318. The zero-order valence-electron chi connectivity index (χ0n) is 15.7. The van der Waals surface area contributed by atoms with Gasteiger partial charge in [0.05, 0.1) is 22.2 Å². The summed E-state index contributed by atoms with van der Waals surface area (Å²) < 4.78 is 5.48. The summed E-state index contributed by atoms with van der Waals surface area (Å²) in [6.45, 7) is 3.47. The molecular formula is C22H22N4O2. The number of ketones is 1. The van der Waals surface area contributed by atoms with E-state index in [1.165, 1.54) is 0 Å². The Kier molecular flexibility index (Phi) is 4.20. The Balaban J connectivity index is 1.51. The smallest absolute Gasteiger partial charge is 0.205 e. The first-order chi connectivity index (χ1) is 13.7. The van der Waals surface area contributed by atoms with E-state index in [1.807, 2.05) is 49.4 Å². The number of Topliss-reactive ketones (excluding diaryl/α,β-unsaturated/α-hetero) is 1. The van der Waals surface area contributed by atoms with Gasteiger partial charge in [-0.15, -0.1) is 0 Å². The van der Waals surface area contributed by atoms with Crippen LogP contribution in [0.2, 0.25) is 0 Å². The van der Waals surface area contributed by atoms with Gasteiger partial charge in [-0.3, -0.25) is 9.89 Å². The number of imidazole rings is 1. The van der Waals surface area contributed by atoms with E-state index in [9.17, 15) is 4.79 Å². The maximum absolute atomic E-state index is 12.9. The minimum Gasteiger partial charge on any atom is -0.381 e. The van der Waals surface area contributed by atoms with Gasteiger partial charge in [-0.2, -0.15) is 5.10 Å². The highest BCUT2D eigenvalue weighted by Crippen LogP contribution is 2.32. The monoisotopic (exact) mass is 374 g/mol. The first-order valence-electron chi connectivity index (χ1n) is 9.75. The molecule has 0 amide bonds. The maximum Gasteiger partial charge on any atom is 0.205 e. The Morgan fingerprint density at radius 1 is 1.14 bits per heavy atom. The summed E-state index contributed by atoms with van der Waals surface area (Å²) in [5.41, 5.74) is 4.68. The zero-order chi connectivity index (χ0) is 19.1. The van der Waals surface area contributed by atoms with Crippen molar-refractivity contribution in [3.63, 3.8) is 0 Å². The van der Waals surface area contributed by atoms with Crippen LogP contribution in [0, 0.1) is 0 Å². The number of H-pyrrole nitrogens is 2. The topological polar surface area (TPSA) is 83.7 Å². The van der Waals surface area contributed by atoms with Crippen LogP contribution in [-0.2, 0) is 4.74 Å². The molecule has 1 fully saturated rings. The van der Waals surface area contributed by atoms with E-state index in [4.69, 9.17) is 4.74 Å². The van der Waals surface area contributed by atoms with Crippen molar-refractivity contribution in [1.29, 1.82) is 0 Å². The van der Waals surface area contributed by atoms with Crippen molar-refractivity contribution in [2.75, 3.05) is 13.2 Å². The third-order valence-electron chi connectivity index (χ3n) is 5.73. The number of benzene rings is 2. The molecule has 0 spiro atoms. The highest BCUT2D eigenvalue weighted by atomic mass is 16.5. The van der Waals surface area contributed by atoms with E-state index < -0.39 is 0 Å². The summed E-state index contributed by atoms with van der Waals surface area (Å²) in [7, 11) is 0. The normalized spacial score (nSPS) is 16.6. The van der Waals surface area contributed by atoms with Crippen LogP contribution in [0.5, 0.6) is 0 Å². The van der Waals surface area contributed by atoms with Crippen molar-refractivity contribution >= 4 is 27.7 Å². The van der Waals surface area contributed by atoms with Crippen LogP contribution in [-0.4, -0.2) is 39.2 Å². The van der Waals surface area contributed by atoms with Gasteiger partial charge in [0.2, 0.25) is 5.78 Å². The van der Waals surface area contributed by atoms with Crippen molar-refractivity contribution in [3.05, 3.63) is 59.5 Å². The number of ether oxygens (including phenoxy) is 1. The molecule has 1 aliphatic heterocycles. The fourth-order valence-electron chi connectivity index (χ4n) is 4.04. The van der Waals surface area contributed by atoms with Gasteiger partial charge >= 0.3 is 0 Å². The van der Waals surface area contributed by atoms with Gasteiger partial charge in [0, 0.05) is 30.4 Å². The standard InChI is InChI=1S/C22H22N4O2/c1-13(14-5-3-2-4-6-14)21(27)22-23-18-11-16-17(12-19(18)24-22)25-26-20(16)15-7-9-28-10-8-15/h2-6,11-13,15H,7-10H2,1H3,(H,23,24)(H,25,26)/t13-/m1/s1. The molecule has 0 bridgehead atoms. The molecular weight excluding hydrogens is 352 g/mol. The fourth-order valence-corrected chi connectivity index (χ4v) is 4.04. The second-order valence-corrected chi connectivity index (χ2v) is 7.49. The van der Waals surface area contributed by atoms with Crippen LogP contribution in [0.15, 0.2) is 42.5 Å². The Hall–Kier alpha value is -2.99. The summed E-state index contributed by atoms with van der Waals surface area (Å²) in [6.07, 6.45) is 1.97. The lowest BCUT2D eigenvalue weighted by atomic mass is 9.94. The van der Waals surface area contributed by atoms with Crippen molar-refractivity contribution in [2.45, 2.75) is 31.6 Å². The zero-order valence-corrected chi connectivity index (χ0v) is 15.7. The van der Waals surface area contributed by atoms with E-state index >= 15 is 0 Å². The number of aromatic amines is 2. The molecule has 0 aliphatic carbocycles. The number of hydrogen-bond donors (Lipinski definition) is 2. The lowest BCUT2D eigenvalue weighted by molar-refractivity contribution is 0.0847. The predicted molar refractivity (Wildman–Crippen MR) is 108 cm³/mol. The van der Waals surface area contributed by atoms with Gasteiger partial charge < -0.3 is 9.72 Å². The first kappa shape index (κ1) is 17.1. The van der Waals surface area contributed by atoms with E-state index in [1.54, 1.807) is 0 Å². The number of carbonyl (C=O) groups is 1.